The lowest BCUT2D eigenvalue weighted by Gasteiger charge is -2.37. The van der Waals surface area contributed by atoms with Crippen LogP contribution in [0.15, 0.2) is 16.8 Å². The van der Waals surface area contributed by atoms with Crippen molar-refractivity contribution in [2.75, 3.05) is 26.2 Å². The van der Waals surface area contributed by atoms with Crippen molar-refractivity contribution in [2.45, 2.75) is 45.8 Å². The number of rotatable bonds is 4. The van der Waals surface area contributed by atoms with E-state index >= 15 is 0 Å². The molecule has 3 amide bonds. The first kappa shape index (κ1) is 18.9. The molecule has 0 spiro atoms. The van der Waals surface area contributed by atoms with Gasteiger partial charge in [0.25, 0.3) is 0 Å². The number of piperazine rings is 1. The first-order valence-corrected chi connectivity index (χ1v) is 9.29. The summed E-state index contributed by atoms with van der Waals surface area (Å²) in [4.78, 5) is 28.6. The standard InChI is InChI=1S/C17H28N4O2S/c1-13(15(22)18-16(23)19-17(2,3)4)21-8-6-20(7-9-21)11-14-5-10-24-12-14/h5,10,12-13H,6-9,11H2,1-4H3,(H2,18,19,22,23)/t13-/m1/s1. The molecule has 0 saturated carbocycles. The highest BCUT2D eigenvalue weighted by Crippen LogP contribution is 2.13. The zero-order valence-corrected chi connectivity index (χ0v) is 15.8. The monoisotopic (exact) mass is 352 g/mol. The predicted octanol–water partition coefficient (Wildman–Crippen LogP) is 1.88. The molecule has 1 saturated heterocycles. The fourth-order valence-electron chi connectivity index (χ4n) is 2.70. The van der Waals surface area contributed by atoms with E-state index in [1.54, 1.807) is 11.3 Å². The molecule has 6 nitrogen and oxygen atoms in total. The van der Waals surface area contributed by atoms with Gasteiger partial charge in [-0.05, 0) is 50.1 Å². The highest BCUT2D eigenvalue weighted by atomic mass is 32.1. The zero-order valence-electron chi connectivity index (χ0n) is 15.0. The van der Waals surface area contributed by atoms with Gasteiger partial charge in [0.2, 0.25) is 5.91 Å². The lowest BCUT2D eigenvalue weighted by Crippen LogP contribution is -2.56. The van der Waals surface area contributed by atoms with E-state index in [-0.39, 0.29) is 17.5 Å². The van der Waals surface area contributed by atoms with Crippen molar-refractivity contribution in [2.24, 2.45) is 0 Å². The Labute approximate surface area is 148 Å². The molecule has 2 heterocycles. The molecule has 1 aromatic rings. The van der Waals surface area contributed by atoms with E-state index in [9.17, 15) is 9.59 Å². The molecule has 7 heteroatoms. The van der Waals surface area contributed by atoms with E-state index in [2.05, 4.69) is 37.3 Å². The Kier molecular flexibility index (Phi) is 6.37. The molecule has 0 unspecified atom stereocenters. The van der Waals surface area contributed by atoms with E-state index in [1.165, 1.54) is 5.56 Å². The summed E-state index contributed by atoms with van der Waals surface area (Å²) < 4.78 is 0. The van der Waals surface area contributed by atoms with E-state index in [1.807, 2.05) is 27.7 Å². The average Bonchev–Trinajstić information content (AvgIpc) is 2.98. The smallest absolute Gasteiger partial charge is 0.321 e. The molecule has 1 aromatic heterocycles. The van der Waals surface area contributed by atoms with Crippen molar-refractivity contribution in [3.63, 3.8) is 0 Å². The predicted molar refractivity (Wildman–Crippen MR) is 97.1 cm³/mol. The normalized spacial score (nSPS) is 18.2. The highest BCUT2D eigenvalue weighted by Gasteiger charge is 2.27. The fraction of sp³-hybridized carbons (Fsp3) is 0.647. The third kappa shape index (κ3) is 5.89. The molecular weight excluding hydrogens is 324 g/mol. The molecule has 0 bridgehead atoms. The molecule has 134 valence electrons. The number of hydrogen-bond acceptors (Lipinski definition) is 5. The van der Waals surface area contributed by atoms with Gasteiger partial charge in [0, 0.05) is 38.3 Å². The summed E-state index contributed by atoms with van der Waals surface area (Å²) in [5, 5.41) is 9.46. The molecule has 2 rings (SSSR count). The molecule has 2 N–H and O–H groups in total. The first-order valence-electron chi connectivity index (χ1n) is 8.35. The Morgan fingerprint density at radius 1 is 1.25 bits per heavy atom. The van der Waals surface area contributed by atoms with Crippen molar-refractivity contribution in [3.8, 4) is 0 Å². The number of nitrogens with zero attached hydrogens (tertiary/aromatic N) is 2. The van der Waals surface area contributed by atoms with E-state index in [0.29, 0.717) is 0 Å². The van der Waals surface area contributed by atoms with Crippen molar-refractivity contribution in [1.82, 2.24) is 20.4 Å². The van der Waals surface area contributed by atoms with Gasteiger partial charge >= 0.3 is 6.03 Å². The molecule has 0 aliphatic carbocycles. The van der Waals surface area contributed by atoms with Crippen LogP contribution in [0.25, 0.3) is 0 Å². The number of thiophene rings is 1. The summed E-state index contributed by atoms with van der Waals surface area (Å²) in [7, 11) is 0. The van der Waals surface area contributed by atoms with Gasteiger partial charge in [0.05, 0.1) is 6.04 Å². The lowest BCUT2D eigenvalue weighted by molar-refractivity contribution is -0.125. The number of carbonyl (C=O) groups is 2. The van der Waals surface area contributed by atoms with Crippen LogP contribution in [0, 0.1) is 0 Å². The quantitative estimate of drug-likeness (QED) is 0.868. The van der Waals surface area contributed by atoms with Gasteiger partial charge in [-0.1, -0.05) is 0 Å². The first-order chi connectivity index (χ1) is 11.2. The minimum atomic E-state index is -0.435. The minimum absolute atomic E-state index is 0.247. The van der Waals surface area contributed by atoms with E-state index < -0.39 is 6.03 Å². The summed E-state index contributed by atoms with van der Waals surface area (Å²) >= 11 is 1.72. The topological polar surface area (TPSA) is 64.7 Å². The average molecular weight is 353 g/mol. The largest absolute Gasteiger partial charge is 0.333 e. The molecular formula is C17H28N4O2S. The van der Waals surface area contributed by atoms with Gasteiger partial charge < -0.3 is 5.32 Å². The van der Waals surface area contributed by atoms with Gasteiger partial charge in [-0.15, -0.1) is 0 Å². The van der Waals surface area contributed by atoms with Gasteiger partial charge in [0.1, 0.15) is 0 Å². The molecule has 1 atom stereocenters. The number of amides is 3. The number of nitrogens with one attached hydrogen (secondary N) is 2. The SMILES string of the molecule is C[C@H](C(=O)NC(=O)NC(C)(C)C)N1CCN(Cc2ccsc2)CC1. The summed E-state index contributed by atoms with van der Waals surface area (Å²) in [6.45, 7) is 12.0. The third-order valence-corrected chi connectivity index (χ3v) is 4.78. The second kappa shape index (κ2) is 8.09. The maximum Gasteiger partial charge on any atom is 0.321 e. The number of carbonyl (C=O) groups excluding carboxylic acids is 2. The summed E-state index contributed by atoms with van der Waals surface area (Å²) in [6.07, 6.45) is 0. The maximum atomic E-state index is 12.3. The Morgan fingerprint density at radius 3 is 2.46 bits per heavy atom. The summed E-state index contributed by atoms with van der Waals surface area (Å²) in [6, 6.07) is 1.41. The van der Waals surface area contributed by atoms with E-state index in [0.717, 1.165) is 32.7 Å². The van der Waals surface area contributed by atoms with Crippen molar-refractivity contribution < 1.29 is 9.59 Å². The molecule has 1 fully saturated rings. The zero-order chi connectivity index (χ0) is 17.7. The lowest BCUT2D eigenvalue weighted by atomic mass is 10.1. The molecule has 24 heavy (non-hydrogen) atoms. The van der Waals surface area contributed by atoms with Crippen molar-refractivity contribution >= 4 is 23.3 Å². The minimum Gasteiger partial charge on any atom is -0.333 e. The van der Waals surface area contributed by atoms with Crippen LogP contribution in [0.3, 0.4) is 0 Å². The van der Waals surface area contributed by atoms with Crippen LogP contribution in [0.2, 0.25) is 0 Å². The Balaban J connectivity index is 1.76. The second-order valence-corrected chi connectivity index (χ2v) is 8.09. The summed E-state index contributed by atoms with van der Waals surface area (Å²) in [5.41, 5.74) is 0.985. The number of imide groups is 1. The third-order valence-electron chi connectivity index (χ3n) is 4.05. The fourth-order valence-corrected chi connectivity index (χ4v) is 3.36. The Bertz CT molecular complexity index is 545. The molecule has 0 aromatic carbocycles. The highest BCUT2D eigenvalue weighted by molar-refractivity contribution is 7.07. The molecule has 1 aliphatic heterocycles. The Morgan fingerprint density at radius 2 is 1.92 bits per heavy atom. The van der Waals surface area contributed by atoms with Crippen LogP contribution in [0.5, 0.6) is 0 Å². The van der Waals surface area contributed by atoms with Crippen LogP contribution in [-0.4, -0.2) is 59.5 Å². The summed E-state index contributed by atoms with van der Waals surface area (Å²) in [5.74, 6) is -0.247. The van der Waals surface area contributed by atoms with Gasteiger partial charge in [-0.3, -0.25) is 19.9 Å². The van der Waals surface area contributed by atoms with Crippen molar-refractivity contribution in [3.05, 3.63) is 22.4 Å². The molecule has 1 aliphatic rings. The van der Waals surface area contributed by atoms with Crippen LogP contribution < -0.4 is 10.6 Å². The maximum absolute atomic E-state index is 12.3. The van der Waals surface area contributed by atoms with Gasteiger partial charge in [-0.25, -0.2) is 4.79 Å². The van der Waals surface area contributed by atoms with Crippen LogP contribution in [0.1, 0.15) is 33.3 Å². The second-order valence-electron chi connectivity index (χ2n) is 7.31. The van der Waals surface area contributed by atoms with Crippen LogP contribution >= 0.6 is 11.3 Å². The van der Waals surface area contributed by atoms with Gasteiger partial charge in [-0.2, -0.15) is 11.3 Å². The number of urea groups is 1. The van der Waals surface area contributed by atoms with Crippen LogP contribution in [0.4, 0.5) is 4.79 Å². The van der Waals surface area contributed by atoms with Gasteiger partial charge in [0.15, 0.2) is 0 Å². The number of hydrogen-bond donors (Lipinski definition) is 2. The molecule has 0 radical (unpaired) electrons. The van der Waals surface area contributed by atoms with Crippen LogP contribution in [-0.2, 0) is 11.3 Å². The van der Waals surface area contributed by atoms with Crippen molar-refractivity contribution in [1.29, 1.82) is 0 Å². The Hall–Kier alpha value is -1.44. The van der Waals surface area contributed by atoms with E-state index in [4.69, 9.17) is 0 Å².